The molecule has 2 aromatic carbocycles. The van der Waals surface area contributed by atoms with Crippen LogP contribution in [0.15, 0.2) is 53.3 Å². The summed E-state index contributed by atoms with van der Waals surface area (Å²) >= 11 is 5.92. The number of fused-ring (bicyclic) bond motifs is 1. The smallest absolute Gasteiger partial charge is 0.251 e. The van der Waals surface area contributed by atoms with Crippen LogP contribution in [0.3, 0.4) is 0 Å². The quantitative estimate of drug-likeness (QED) is 0.738. The molecule has 3 rings (SSSR count). The highest BCUT2D eigenvalue weighted by Crippen LogP contribution is 2.26. The highest BCUT2D eigenvalue weighted by Gasteiger charge is 2.12. The molecule has 0 saturated carbocycles. The number of anilines is 1. The number of hydrogen-bond acceptors (Lipinski definition) is 3. The Morgan fingerprint density at radius 1 is 1.19 bits per heavy atom. The summed E-state index contributed by atoms with van der Waals surface area (Å²) in [5.74, 6) is 0.418. The van der Waals surface area contributed by atoms with E-state index in [9.17, 15) is 9.59 Å². The SMILES string of the molecule is COc1cccc2c(C)cc(=O)n(CCC(=O)Nc3cccc(Cl)c3)c12. The predicted molar refractivity (Wildman–Crippen MR) is 104 cm³/mol. The molecule has 0 bridgehead atoms. The Morgan fingerprint density at radius 2 is 1.96 bits per heavy atom. The van der Waals surface area contributed by atoms with Gasteiger partial charge in [-0.05, 0) is 36.8 Å². The van der Waals surface area contributed by atoms with E-state index in [1.54, 1.807) is 42.0 Å². The van der Waals surface area contributed by atoms with Crippen molar-refractivity contribution in [3.8, 4) is 5.75 Å². The van der Waals surface area contributed by atoms with E-state index in [2.05, 4.69) is 5.32 Å². The molecule has 3 aromatic rings. The van der Waals surface area contributed by atoms with E-state index in [0.717, 1.165) is 10.9 Å². The molecule has 0 fully saturated rings. The zero-order valence-electron chi connectivity index (χ0n) is 14.6. The number of methoxy groups -OCH3 is 1. The summed E-state index contributed by atoms with van der Waals surface area (Å²) in [7, 11) is 1.57. The molecule has 1 amide bonds. The molecule has 5 nitrogen and oxygen atoms in total. The number of aryl methyl sites for hydroxylation is 2. The molecule has 0 aliphatic rings. The van der Waals surface area contributed by atoms with Crippen LogP contribution in [0.5, 0.6) is 5.75 Å². The zero-order valence-corrected chi connectivity index (χ0v) is 15.3. The molecule has 134 valence electrons. The first-order valence-corrected chi connectivity index (χ1v) is 8.60. The fraction of sp³-hybridized carbons (Fsp3) is 0.200. The fourth-order valence-electron chi connectivity index (χ4n) is 2.96. The number of aromatic nitrogens is 1. The average Bonchev–Trinajstić information content (AvgIpc) is 2.61. The van der Waals surface area contributed by atoms with E-state index in [0.29, 0.717) is 22.0 Å². The molecule has 1 heterocycles. The third-order valence-electron chi connectivity index (χ3n) is 4.19. The predicted octanol–water partition coefficient (Wildman–Crippen LogP) is 4.00. The molecule has 1 N–H and O–H groups in total. The minimum absolute atomic E-state index is 0.155. The van der Waals surface area contributed by atoms with Gasteiger partial charge < -0.3 is 14.6 Å². The van der Waals surface area contributed by atoms with Crippen molar-refractivity contribution in [3.63, 3.8) is 0 Å². The molecule has 1 aromatic heterocycles. The Labute approximate surface area is 156 Å². The van der Waals surface area contributed by atoms with Crippen molar-refractivity contribution < 1.29 is 9.53 Å². The highest BCUT2D eigenvalue weighted by molar-refractivity contribution is 6.30. The van der Waals surface area contributed by atoms with Gasteiger partial charge in [-0.2, -0.15) is 0 Å². The minimum atomic E-state index is -0.192. The number of ether oxygens (including phenoxy) is 1. The summed E-state index contributed by atoms with van der Waals surface area (Å²) in [6, 6.07) is 14.2. The van der Waals surface area contributed by atoms with E-state index in [1.807, 2.05) is 25.1 Å². The summed E-state index contributed by atoms with van der Waals surface area (Å²) in [6.45, 7) is 2.14. The number of carbonyl (C=O) groups excluding carboxylic acids is 1. The zero-order chi connectivity index (χ0) is 18.7. The summed E-state index contributed by atoms with van der Waals surface area (Å²) < 4.78 is 7.00. The Morgan fingerprint density at radius 3 is 2.69 bits per heavy atom. The first-order chi connectivity index (χ1) is 12.5. The number of halogens is 1. The molecule has 0 unspecified atom stereocenters. The number of benzene rings is 2. The van der Waals surface area contributed by atoms with Crippen LogP contribution in [0.2, 0.25) is 5.02 Å². The van der Waals surface area contributed by atoms with Crippen LogP contribution in [0.1, 0.15) is 12.0 Å². The first kappa shape index (κ1) is 18.0. The van der Waals surface area contributed by atoms with Crippen molar-refractivity contribution in [3.05, 3.63) is 69.5 Å². The molecule has 0 aliphatic heterocycles. The van der Waals surface area contributed by atoms with Gasteiger partial charge in [0.25, 0.3) is 5.56 Å². The van der Waals surface area contributed by atoms with Crippen molar-refractivity contribution in [1.82, 2.24) is 4.57 Å². The van der Waals surface area contributed by atoms with Gasteiger partial charge in [0.2, 0.25) is 5.91 Å². The van der Waals surface area contributed by atoms with Crippen LogP contribution >= 0.6 is 11.6 Å². The first-order valence-electron chi connectivity index (χ1n) is 8.22. The lowest BCUT2D eigenvalue weighted by Gasteiger charge is -2.15. The van der Waals surface area contributed by atoms with E-state index in [1.165, 1.54) is 0 Å². The number of rotatable bonds is 5. The van der Waals surface area contributed by atoms with E-state index < -0.39 is 0 Å². The van der Waals surface area contributed by atoms with Crippen molar-refractivity contribution in [2.24, 2.45) is 0 Å². The van der Waals surface area contributed by atoms with Crippen LogP contribution in [-0.4, -0.2) is 17.6 Å². The second-order valence-corrected chi connectivity index (χ2v) is 6.42. The molecular weight excluding hydrogens is 352 g/mol. The molecule has 0 saturated heterocycles. The monoisotopic (exact) mass is 370 g/mol. The van der Waals surface area contributed by atoms with Crippen LogP contribution in [-0.2, 0) is 11.3 Å². The third-order valence-corrected chi connectivity index (χ3v) is 4.43. The summed E-state index contributed by atoms with van der Waals surface area (Å²) in [6.07, 6.45) is 0.155. The van der Waals surface area contributed by atoms with Crippen molar-refractivity contribution in [2.75, 3.05) is 12.4 Å². The number of pyridine rings is 1. The van der Waals surface area contributed by atoms with Crippen LogP contribution in [0, 0.1) is 6.92 Å². The molecule has 26 heavy (non-hydrogen) atoms. The maximum absolute atomic E-state index is 12.5. The van der Waals surface area contributed by atoms with Gasteiger partial charge >= 0.3 is 0 Å². The molecule has 6 heteroatoms. The van der Waals surface area contributed by atoms with Crippen molar-refractivity contribution in [1.29, 1.82) is 0 Å². The lowest BCUT2D eigenvalue weighted by molar-refractivity contribution is -0.116. The molecule has 0 spiro atoms. The van der Waals surface area contributed by atoms with E-state index in [4.69, 9.17) is 16.3 Å². The average molecular weight is 371 g/mol. The minimum Gasteiger partial charge on any atom is -0.495 e. The second-order valence-electron chi connectivity index (χ2n) is 5.98. The number of nitrogens with zero attached hydrogens (tertiary/aromatic N) is 1. The van der Waals surface area contributed by atoms with Crippen LogP contribution < -0.4 is 15.6 Å². The number of hydrogen-bond donors (Lipinski definition) is 1. The normalized spacial score (nSPS) is 10.7. The Bertz CT molecular complexity index is 1030. The lowest BCUT2D eigenvalue weighted by Crippen LogP contribution is -2.24. The highest BCUT2D eigenvalue weighted by atomic mass is 35.5. The Hall–Kier alpha value is -2.79. The van der Waals surface area contributed by atoms with Gasteiger partial charge in [0.1, 0.15) is 5.75 Å². The summed E-state index contributed by atoms with van der Waals surface area (Å²) in [4.78, 5) is 24.8. The fourth-order valence-corrected chi connectivity index (χ4v) is 3.15. The summed E-state index contributed by atoms with van der Waals surface area (Å²) in [5.41, 5.74) is 2.05. The maximum atomic E-state index is 12.5. The number of nitrogens with one attached hydrogen (secondary N) is 1. The standard InChI is InChI=1S/C20H19ClN2O3/c1-13-11-19(25)23(20-16(13)7-4-8-17(20)26-2)10-9-18(24)22-15-6-3-5-14(21)12-15/h3-8,11-12H,9-10H2,1-2H3,(H,22,24). The van der Waals surface area contributed by atoms with Crippen LogP contribution in [0.25, 0.3) is 10.9 Å². The number of para-hydroxylation sites is 1. The number of carbonyl (C=O) groups is 1. The lowest BCUT2D eigenvalue weighted by atomic mass is 10.1. The summed E-state index contributed by atoms with van der Waals surface area (Å²) in [5, 5.41) is 4.27. The van der Waals surface area contributed by atoms with Crippen LogP contribution in [0.4, 0.5) is 5.69 Å². The largest absolute Gasteiger partial charge is 0.495 e. The van der Waals surface area contributed by atoms with Crippen molar-refractivity contribution in [2.45, 2.75) is 19.9 Å². The molecule has 0 radical (unpaired) electrons. The third kappa shape index (κ3) is 3.73. The molecule has 0 atom stereocenters. The maximum Gasteiger partial charge on any atom is 0.251 e. The van der Waals surface area contributed by atoms with E-state index >= 15 is 0 Å². The van der Waals surface area contributed by atoms with Gasteiger partial charge in [-0.15, -0.1) is 0 Å². The molecular formula is C20H19ClN2O3. The molecule has 0 aliphatic carbocycles. The van der Waals surface area contributed by atoms with Crippen molar-refractivity contribution >= 4 is 34.1 Å². The van der Waals surface area contributed by atoms with Gasteiger partial charge in [0.05, 0.1) is 12.6 Å². The van der Waals surface area contributed by atoms with Gasteiger partial charge in [-0.1, -0.05) is 29.8 Å². The van der Waals surface area contributed by atoms with Gasteiger partial charge in [-0.3, -0.25) is 9.59 Å². The van der Waals surface area contributed by atoms with Gasteiger partial charge in [-0.25, -0.2) is 0 Å². The van der Waals surface area contributed by atoms with E-state index in [-0.39, 0.29) is 24.4 Å². The Kier molecular flexibility index (Phi) is 5.28. The van der Waals surface area contributed by atoms with Gasteiger partial charge in [0.15, 0.2) is 0 Å². The Balaban J connectivity index is 1.87. The second kappa shape index (κ2) is 7.62. The van der Waals surface area contributed by atoms with Gasteiger partial charge in [0, 0.05) is 35.1 Å². The topological polar surface area (TPSA) is 60.3 Å². The number of amides is 1.